The first-order valence-electron chi connectivity index (χ1n) is 5.26. The average molecular weight is 214 g/mol. The van der Waals surface area contributed by atoms with Crippen molar-refractivity contribution in [2.75, 3.05) is 0 Å². The van der Waals surface area contributed by atoms with E-state index in [0.717, 1.165) is 6.42 Å². The van der Waals surface area contributed by atoms with E-state index in [1.54, 1.807) is 0 Å². The van der Waals surface area contributed by atoms with E-state index in [2.05, 4.69) is 5.32 Å². The first-order valence-corrected chi connectivity index (χ1v) is 5.26. The lowest BCUT2D eigenvalue weighted by molar-refractivity contribution is -0.151. The molecule has 1 aliphatic carbocycles. The van der Waals surface area contributed by atoms with E-state index in [1.165, 1.54) is 0 Å². The molecular weight excluding hydrogens is 196 g/mol. The third-order valence-corrected chi connectivity index (χ3v) is 2.82. The number of carboxylic acid groups (broad SMARTS) is 1. The molecule has 1 fully saturated rings. The summed E-state index contributed by atoms with van der Waals surface area (Å²) in [6.45, 7) is 1.82. The summed E-state index contributed by atoms with van der Waals surface area (Å²) in [5.74, 6) is -1.14. The van der Waals surface area contributed by atoms with Gasteiger partial charge in [0.25, 0.3) is 0 Å². The smallest absolute Gasteiger partial charge is 0.329 e. The van der Waals surface area contributed by atoms with E-state index in [0.29, 0.717) is 25.7 Å². The number of nitrogens with one attached hydrogen (secondary N) is 1. The molecule has 1 atom stereocenters. The van der Waals surface area contributed by atoms with Gasteiger partial charge in [0.15, 0.2) is 0 Å². The number of aliphatic carboxylic acids is 1. The summed E-state index contributed by atoms with van der Waals surface area (Å²) < 4.78 is 0. The fourth-order valence-corrected chi connectivity index (χ4v) is 1.61. The minimum absolute atomic E-state index is 0.0297. The Kier molecular flexibility index (Phi) is 3.68. The van der Waals surface area contributed by atoms with Crippen molar-refractivity contribution in [3.8, 4) is 0 Å². The van der Waals surface area contributed by atoms with Crippen LogP contribution in [0, 0.1) is 0 Å². The van der Waals surface area contributed by atoms with Crippen LogP contribution >= 0.6 is 0 Å². The van der Waals surface area contributed by atoms with Crippen molar-refractivity contribution in [3.05, 3.63) is 0 Å². The summed E-state index contributed by atoms with van der Waals surface area (Å²) in [5.41, 5.74) is 4.52. The molecule has 86 valence electrons. The number of amides is 1. The number of rotatable bonds is 5. The topological polar surface area (TPSA) is 92.4 Å². The van der Waals surface area contributed by atoms with Gasteiger partial charge in [-0.1, -0.05) is 0 Å². The largest absolute Gasteiger partial charge is 0.480 e. The van der Waals surface area contributed by atoms with Gasteiger partial charge >= 0.3 is 5.97 Å². The summed E-state index contributed by atoms with van der Waals surface area (Å²) in [5, 5.41) is 11.6. The molecule has 5 nitrogen and oxygen atoms in total. The minimum atomic E-state index is -0.991. The van der Waals surface area contributed by atoms with Crippen LogP contribution in [0.3, 0.4) is 0 Å². The molecule has 1 saturated carbocycles. The fraction of sp³-hybridized carbons (Fsp3) is 0.800. The van der Waals surface area contributed by atoms with E-state index < -0.39 is 11.5 Å². The van der Waals surface area contributed by atoms with E-state index in [9.17, 15) is 9.59 Å². The second kappa shape index (κ2) is 4.61. The molecule has 0 saturated heterocycles. The Bertz CT molecular complexity index is 259. The van der Waals surface area contributed by atoms with Gasteiger partial charge in [-0.2, -0.15) is 0 Å². The van der Waals surface area contributed by atoms with Crippen LogP contribution in [0.4, 0.5) is 0 Å². The number of nitrogens with two attached hydrogens (primary N) is 1. The molecule has 0 radical (unpaired) electrons. The van der Waals surface area contributed by atoms with Crippen molar-refractivity contribution in [3.63, 3.8) is 0 Å². The Balaban J connectivity index is 2.39. The average Bonchev–Trinajstić information content (AvgIpc) is 2.07. The van der Waals surface area contributed by atoms with Gasteiger partial charge in [-0.15, -0.1) is 0 Å². The van der Waals surface area contributed by atoms with Crippen molar-refractivity contribution >= 4 is 11.9 Å². The van der Waals surface area contributed by atoms with Crippen molar-refractivity contribution in [2.24, 2.45) is 5.73 Å². The van der Waals surface area contributed by atoms with Crippen molar-refractivity contribution < 1.29 is 14.7 Å². The normalized spacial score (nSPS) is 20.1. The maximum absolute atomic E-state index is 11.4. The predicted octanol–water partition coefficient (Wildman–Crippen LogP) is 0.237. The zero-order chi connectivity index (χ0) is 11.5. The summed E-state index contributed by atoms with van der Waals surface area (Å²) in [6, 6.07) is -0.0297. The lowest BCUT2D eigenvalue weighted by Gasteiger charge is -2.38. The van der Waals surface area contributed by atoms with Crippen molar-refractivity contribution in [2.45, 2.75) is 50.6 Å². The second-order valence-electron chi connectivity index (χ2n) is 4.30. The van der Waals surface area contributed by atoms with Gasteiger partial charge in [-0.3, -0.25) is 4.79 Å². The second-order valence-corrected chi connectivity index (χ2v) is 4.30. The molecule has 4 N–H and O–H groups in total. The van der Waals surface area contributed by atoms with Gasteiger partial charge in [0.1, 0.15) is 5.54 Å². The Morgan fingerprint density at radius 2 is 2.13 bits per heavy atom. The summed E-state index contributed by atoms with van der Waals surface area (Å²) >= 11 is 0. The lowest BCUT2D eigenvalue weighted by Crippen LogP contribution is -2.59. The molecular formula is C10H18N2O3. The zero-order valence-corrected chi connectivity index (χ0v) is 8.95. The highest BCUT2D eigenvalue weighted by atomic mass is 16.4. The van der Waals surface area contributed by atoms with E-state index in [4.69, 9.17) is 10.8 Å². The number of carbonyl (C=O) groups excluding carboxylic acids is 1. The maximum Gasteiger partial charge on any atom is 0.329 e. The van der Waals surface area contributed by atoms with Crippen molar-refractivity contribution in [1.82, 2.24) is 5.32 Å². The molecule has 0 aliphatic heterocycles. The van der Waals surface area contributed by atoms with Crippen LogP contribution in [-0.2, 0) is 9.59 Å². The zero-order valence-electron chi connectivity index (χ0n) is 8.95. The van der Waals surface area contributed by atoms with Crippen LogP contribution in [0.5, 0.6) is 0 Å². The van der Waals surface area contributed by atoms with Gasteiger partial charge < -0.3 is 16.2 Å². The first kappa shape index (κ1) is 12.0. The minimum Gasteiger partial charge on any atom is -0.480 e. The Morgan fingerprint density at radius 1 is 1.53 bits per heavy atom. The molecule has 15 heavy (non-hydrogen) atoms. The summed E-state index contributed by atoms with van der Waals surface area (Å²) in [4.78, 5) is 22.4. The number of carbonyl (C=O) groups is 2. The SMILES string of the molecule is CC(N)CCC(=O)NC1(C(=O)O)CCC1. The number of hydrogen-bond acceptors (Lipinski definition) is 3. The molecule has 0 bridgehead atoms. The molecule has 1 amide bonds. The molecule has 1 unspecified atom stereocenters. The number of hydrogen-bond donors (Lipinski definition) is 3. The lowest BCUT2D eigenvalue weighted by atomic mass is 9.76. The molecule has 0 spiro atoms. The van der Waals surface area contributed by atoms with Gasteiger partial charge in [0.2, 0.25) is 5.91 Å². The van der Waals surface area contributed by atoms with Gasteiger partial charge in [0, 0.05) is 12.5 Å². The monoisotopic (exact) mass is 214 g/mol. The van der Waals surface area contributed by atoms with Gasteiger partial charge in [0.05, 0.1) is 0 Å². The summed E-state index contributed by atoms with van der Waals surface area (Å²) in [6.07, 6.45) is 2.81. The predicted molar refractivity (Wildman–Crippen MR) is 55.2 cm³/mol. The molecule has 0 aromatic rings. The third-order valence-electron chi connectivity index (χ3n) is 2.82. The summed E-state index contributed by atoms with van der Waals surface area (Å²) in [7, 11) is 0. The highest BCUT2D eigenvalue weighted by Gasteiger charge is 2.45. The third kappa shape index (κ3) is 2.92. The quantitative estimate of drug-likeness (QED) is 0.611. The van der Waals surface area contributed by atoms with Gasteiger partial charge in [-0.05, 0) is 32.6 Å². The van der Waals surface area contributed by atoms with Crippen LogP contribution in [0.15, 0.2) is 0 Å². The standard InChI is InChI=1S/C10H18N2O3/c1-7(11)3-4-8(13)12-10(9(14)15)5-2-6-10/h7H,2-6,11H2,1H3,(H,12,13)(H,14,15). The number of carboxylic acids is 1. The fourth-order valence-electron chi connectivity index (χ4n) is 1.61. The van der Waals surface area contributed by atoms with E-state index in [-0.39, 0.29) is 11.9 Å². The molecule has 0 aromatic carbocycles. The molecule has 0 heterocycles. The van der Waals surface area contributed by atoms with E-state index >= 15 is 0 Å². The highest BCUT2D eigenvalue weighted by molar-refractivity contribution is 5.87. The molecule has 1 rings (SSSR count). The molecule has 1 aliphatic rings. The van der Waals surface area contributed by atoms with Crippen LogP contribution in [0.2, 0.25) is 0 Å². The Hall–Kier alpha value is -1.10. The van der Waals surface area contributed by atoms with Crippen molar-refractivity contribution in [1.29, 1.82) is 0 Å². The van der Waals surface area contributed by atoms with E-state index in [1.807, 2.05) is 6.92 Å². The molecule has 0 aromatic heterocycles. The van der Waals surface area contributed by atoms with Crippen LogP contribution in [-0.4, -0.2) is 28.6 Å². The van der Waals surface area contributed by atoms with Crippen LogP contribution < -0.4 is 11.1 Å². The van der Waals surface area contributed by atoms with Gasteiger partial charge in [-0.25, -0.2) is 4.79 Å². The first-order chi connectivity index (χ1) is 6.96. The highest BCUT2D eigenvalue weighted by Crippen LogP contribution is 2.32. The Labute approximate surface area is 89.0 Å². The maximum atomic E-state index is 11.4. The van der Waals surface area contributed by atoms with Crippen LogP contribution in [0.1, 0.15) is 39.0 Å². The van der Waals surface area contributed by atoms with Crippen LogP contribution in [0.25, 0.3) is 0 Å². The molecule has 5 heteroatoms. The Morgan fingerprint density at radius 3 is 2.47 bits per heavy atom.